The van der Waals surface area contributed by atoms with Crippen LogP contribution in [0.25, 0.3) is 0 Å². The van der Waals surface area contributed by atoms with Crippen molar-refractivity contribution in [3.8, 4) is 5.75 Å². The van der Waals surface area contributed by atoms with Crippen molar-refractivity contribution in [2.75, 3.05) is 6.26 Å². The van der Waals surface area contributed by atoms with Crippen molar-refractivity contribution in [3.63, 3.8) is 0 Å². The number of benzene rings is 1. The Bertz CT molecular complexity index is 383. The monoisotopic (exact) mass is 265 g/mol. The molecule has 0 aliphatic heterocycles. The smallest absolute Gasteiger partial charge is 0.410 e. The summed E-state index contributed by atoms with van der Waals surface area (Å²) in [5.74, 6) is 0.589. The van der Waals surface area contributed by atoms with Crippen molar-refractivity contribution in [3.05, 3.63) is 30.3 Å². The second kappa shape index (κ2) is 6.69. The van der Waals surface area contributed by atoms with Crippen LogP contribution >= 0.6 is 11.8 Å². The van der Waals surface area contributed by atoms with E-state index in [2.05, 4.69) is 11.6 Å². The van der Waals surface area contributed by atoms with Crippen LogP contribution in [0.3, 0.4) is 0 Å². The van der Waals surface area contributed by atoms with Gasteiger partial charge in [0.2, 0.25) is 0 Å². The summed E-state index contributed by atoms with van der Waals surface area (Å²) in [5.41, 5.74) is 0. The Morgan fingerprint density at radius 3 is 2.72 bits per heavy atom. The lowest BCUT2D eigenvalue weighted by molar-refractivity contribution is 0.192. The van der Waals surface area contributed by atoms with Crippen LogP contribution in [0.15, 0.2) is 30.3 Å². The van der Waals surface area contributed by atoms with Crippen molar-refractivity contribution in [1.82, 2.24) is 5.32 Å². The lowest BCUT2D eigenvalue weighted by Crippen LogP contribution is -2.44. The SMILES string of the molecule is CSC1CCCCC1NC(=O)Oc1ccccc1. The van der Waals surface area contributed by atoms with Crippen LogP contribution < -0.4 is 10.1 Å². The second-order valence-electron chi connectivity index (χ2n) is 4.51. The molecule has 1 saturated carbocycles. The average Bonchev–Trinajstić information content (AvgIpc) is 2.40. The molecular weight excluding hydrogens is 246 g/mol. The lowest BCUT2D eigenvalue weighted by Gasteiger charge is -2.30. The molecule has 0 radical (unpaired) electrons. The summed E-state index contributed by atoms with van der Waals surface area (Å²) >= 11 is 1.83. The maximum atomic E-state index is 11.8. The fourth-order valence-corrected chi connectivity index (χ4v) is 3.26. The summed E-state index contributed by atoms with van der Waals surface area (Å²) in [7, 11) is 0. The zero-order valence-electron chi connectivity index (χ0n) is 10.6. The normalized spacial score (nSPS) is 23.4. The molecule has 2 rings (SSSR count). The van der Waals surface area contributed by atoms with E-state index < -0.39 is 0 Å². The highest BCUT2D eigenvalue weighted by molar-refractivity contribution is 7.99. The molecule has 1 N–H and O–H groups in total. The number of carbonyl (C=O) groups is 1. The zero-order chi connectivity index (χ0) is 12.8. The van der Waals surface area contributed by atoms with E-state index in [0.29, 0.717) is 11.0 Å². The molecule has 2 atom stereocenters. The minimum Gasteiger partial charge on any atom is -0.410 e. The molecule has 1 aliphatic carbocycles. The van der Waals surface area contributed by atoms with Gasteiger partial charge in [-0.05, 0) is 31.2 Å². The van der Waals surface area contributed by atoms with E-state index in [1.165, 1.54) is 19.3 Å². The quantitative estimate of drug-likeness (QED) is 0.909. The molecule has 3 nitrogen and oxygen atoms in total. The Hall–Kier alpha value is -1.16. The van der Waals surface area contributed by atoms with Crippen LogP contribution in [0.4, 0.5) is 4.79 Å². The van der Waals surface area contributed by atoms with E-state index in [4.69, 9.17) is 4.74 Å². The Morgan fingerprint density at radius 2 is 2.00 bits per heavy atom. The highest BCUT2D eigenvalue weighted by Gasteiger charge is 2.26. The molecule has 18 heavy (non-hydrogen) atoms. The Labute approximate surface area is 112 Å². The van der Waals surface area contributed by atoms with Crippen molar-refractivity contribution in [2.24, 2.45) is 0 Å². The topological polar surface area (TPSA) is 38.3 Å². The maximum Gasteiger partial charge on any atom is 0.412 e. The summed E-state index contributed by atoms with van der Waals surface area (Å²) in [6.45, 7) is 0. The van der Waals surface area contributed by atoms with Crippen LogP contribution in [0, 0.1) is 0 Å². The second-order valence-corrected chi connectivity index (χ2v) is 5.59. The van der Waals surface area contributed by atoms with Gasteiger partial charge < -0.3 is 10.1 Å². The zero-order valence-corrected chi connectivity index (χ0v) is 11.4. The third-order valence-corrected chi connectivity index (χ3v) is 4.43. The van der Waals surface area contributed by atoms with Gasteiger partial charge in [-0.15, -0.1) is 0 Å². The summed E-state index contributed by atoms with van der Waals surface area (Å²) < 4.78 is 5.25. The number of amides is 1. The molecule has 0 bridgehead atoms. The molecule has 1 aliphatic rings. The van der Waals surface area contributed by atoms with Gasteiger partial charge in [0.1, 0.15) is 5.75 Å². The minimum atomic E-state index is -0.341. The van der Waals surface area contributed by atoms with Crippen LogP contribution in [-0.4, -0.2) is 23.6 Å². The van der Waals surface area contributed by atoms with Crippen LogP contribution in [0.1, 0.15) is 25.7 Å². The number of hydrogen-bond donors (Lipinski definition) is 1. The van der Waals surface area contributed by atoms with Gasteiger partial charge in [0, 0.05) is 11.3 Å². The fourth-order valence-electron chi connectivity index (χ4n) is 2.32. The molecule has 98 valence electrons. The van der Waals surface area contributed by atoms with Gasteiger partial charge in [-0.25, -0.2) is 4.79 Å². The maximum absolute atomic E-state index is 11.8. The molecule has 0 saturated heterocycles. The Balaban J connectivity index is 1.86. The summed E-state index contributed by atoms with van der Waals surface area (Å²) in [6, 6.07) is 9.42. The largest absolute Gasteiger partial charge is 0.412 e. The van der Waals surface area contributed by atoms with Gasteiger partial charge >= 0.3 is 6.09 Å². The first-order chi connectivity index (χ1) is 8.79. The number of carbonyl (C=O) groups excluding carboxylic acids is 1. The molecule has 1 fully saturated rings. The van der Waals surface area contributed by atoms with E-state index in [9.17, 15) is 4.79 Å². The van der Waals surface area contributed by atoms with Gasteiger partial charge in [0.15, 0.2) is 0 Å². The van der Waals surface area contributed by atoms with Crippen molar-refractivity contribution < 1.29 is 9.53 Å². The summed E-state index contributed by atoms with van der Waals surface area (Å²) in [5, 5.41) is 3.50. The van der Waals surface area contributed by atoms with Gasteiger partial charge in [-0.3, -0.25) is 0 Å². The Morgan fingerprint density at radius 1 is 1.28 bits per heavy atom. The van der Waals surface area contributed by atoms with Gasteiger partial charge in [-0.2, -0.15) is 11.8 Å². The summed E-state index contributed by atoms with van der Waals surface area (Å²) in [6.07, 6.45) is 6.44. The van der Waals surface area contributed by atoms with E-state index in [1.807, 2.05) is 30.0 Å². The Kier molecular flexibility index (Phi) is 4.93. The molecule has 1 amide bonds. The van der Waals surface area contributed by atoms with Gasteiger partial charge in [0.05, 0.1) is 0 Å². The fraction of sp³-hybridized carbons (Fsp3) is 0.500. The van der Waals surface area contributed by atoms with Crippen molar-refractivity contribution >= 4 is 17.9 Å². The first kappa shape index (κ1) is 13.3. The number of nitrogens with one attached hydrogen (secondary N) is 1. The van der Waals surface area contributed by atoms with Crippen LogP contribution in [0.5, 0.6) is 5.75 Å². The third-order valence-electron chi connectivity index (χ3n) is 3.26. The first-order valence-electron chi connectivity index (χ1n) is 6.36. The highest BCUT2D eigenvalue weighted by atomic mass is 32.2. The molecule has 2 unspecified atom stereocenters. The molecule has 0 heterocycles. The summed E-state index contributed by atoms with van der Waals surface area (Å²) in [4.78, 5) is 11.8. The number of hydrogen-bond acceptors (Lipinski definition) is 3. The minimum absolute atomic E-state index is 0.241. The molecule has 0 spiro atoms. The molecule has 1 aromatic rings. The van der Waals surface area contributed by atoms with Crippen molar-refractivity contribution in [1.29, 1.82) is 0 Å². The highest BCUT2D eigenvalue weighted by Crippen LogP contribution is 2.27. The van der Waals surface area contributed by atoms with Crippen LogP contribution in [-0.2, 0) is 0 Å². The predicted molar refractivity (Wildman–Crippen MR) is 75.2 cm³/mol. The van der Waals surface area contributed by atoms with E-state index in [0.717, 1.165) is 6.42 Å². The standard InChI is InChI=1S/C14H19NO2S/c1-18-13-10-6-5-9-12(13)15-14(16)17-11-7-3-2-4-8-11/h2-4,7-8,12-13H,5-6,9-10H2,1H3,(H,15,16). The molecule has 1 aromatic carbocycles. The average molecular weight is 265 g/mol. The lowest BCUT2D eigenvalue weighted by atomic mass is 9.95. The number of thioether (sulfide) groups is 1. The van der Waals surface area contributed by atoms with Gasteiger partial charge in [-0.1, -0.05) is 31.0 Å². The number of ether oxygens (including phenoxy) is 1. The van der Waals surface area contributed by atoms with Crippen LogP contribution in [0.2, 0.25) is 0 Å². The van der Waals surface area contributed by atoms with E-state index in [1.54, 1.807) is 12.1 Å². The predicted octanol–water partition coefficient (Wildman–Crippen LogP) is 3.45. The molecule has 0 aromatic heterocycles. The van der Waals surface area contributed by atoms with Gasteiger partial charge in [0.25, 0.3) is 0 Å². The molecular formula is C14H19NO2S. The van der Waals surface area contributed by atoms with E-state index >= 15 is 0 Å². The first-order valence-corrected chi connectivity index (χ1v) is 7.64. The number of para-hydroxylation sites is 1. The molecule has 4 heteroatoms. The van der Waals surface area contributed by atoms with E-state index in [-0.39, 0.29) is 12.1 Å². The number of rotatable bonds is 3. The third kappa shape index (κ3) is 3.67. The van der Waals surface area contributed by atoms with Crippen molar-refractivity contribution in [2.45, 2.75) is 37.0 Å².